The van der Waals surface area contributed by atoms with Crippen LogP contribution >= 0.6 is 0 Å². The van der Waals surface area contributed by atoms with Crippen molar-refractivity contribution >= 4 is 0 Å². The molecule has 2 aromatic rings. The third kappa shape index (κ3) is 2.76. The summed E-state index contributed by atoms with van der Waals surface area (Å²) >= 11 is 0. The summed E-state index contributed by atoms with van der Waals surface area (Å²) in [6.07, 6.45) is 2.41. The zero-order valence-corrected chi connectivity index (χ0v) is 10.7. The van der Waals surface area contributed by atoms with E-state index in [0.717, 1.165) is 12.2 Å². The zero-order chi connectivity index (χ0) is 13.2. The van der Waals surface area contributed by atoms with Crippen LogP contribution in [-0.4, -0.2) is 16.5 Å². The van der Waals surface area contributed by atoms with Gasteiger partial charge in [0, 0.05) is 12.0 Å². The minimum absolute atomic E-state index is 0.00957. The van der Waals surface area contributed by atoms with Crippen LogP contribution in [0.2, 0.25) is 0 Å². The smallest absolute Gasteiger partial charge is 0.132 e. The van der Waals surface area contributed by atoms with Gasteiger partial charge in [0.15, 0.2) is 0 Å². The van der Waals surface area contributed by atoms with Crippen LogP contribution in [0.15, 0.2) is 30.5 Å². The number of rotatable bonds is 4. The first kappa shape index (κ1) is 12.8. The molecule has 3 N–H and O–H groups in total. The summed E-state index contributed by atoms with van der Waals surface area (Å²) in [6, 6.07) is 6.66. The fourth-order valence-corrected chi connectivity index (χ4v) is 1.79. The van der Waals surface area contributed by atoms with Crippen LogP contribution in [0.1, 0.15) is 19.7 Å². The van der Waals surface area contributed by atoms with E-state index in [2.05, 4.69) is 23.8 Å². The fraction of sp³-hybridized carbons (Fsp3) is 0.357. The van der Waals surface area contributed by atoms with Gasteiger partial charge >= 0.3 is 0 Å². The molecule has 0 atom stereocenters. The standard InChI is InChI=1S/C14H18FN3/c1-14(2,9-16)7-13-17-8-12(18-13)10-5-3-4-6-11(10)15/h3-6,8H,7,9,16H2,1-2H3,(H,17,18). The first-order chi connectivity index (χ1) is 8.52. The van der Waals surface area contributed by atoms with Crippen molar-refractivity contribution in [1.29, 1.82) is 0 Å². The third-order valence-corrected chi connectivity index (χ3v) is 2.99. The Hall–Kier alpha value is -1.68. The number of hydrogen-bond acceptors (Lipinski definition) is 2. The van der Waals surface area contributed by atoms with Crippen molar-refractivity contribution in [3.8, 4) is 11.3 Å². The van der Waals surface area contributed by atoms with E-state index in [1.165, 1.54) is 6.07 Å². The number of hydrogen-bond donors (Lipinski definition) is 2. The maximum atomic E-state index is 13.6. The predicted octanol–water partition coefficient (Wildman–Crippen LogP) is 2.74. The summed E-state index contributed by atoms with van der Waals surface area (Å²) in [4.78, 5) is 7.44. The average molecular weight is 247 g/mol. The molecular formula is C14H18FN3. The molecule has 0 saturated carbocycles. The lowest BCUT2D eigenvalue weighted by atomic mass is 9.89. The quantitative estimate of drug-likeness (QED) is 0.872. The minimum Gasteiger partial charge on any atom is -0.342 e. The molecule has 0 spiro atoms. The molecular weight excluding hydrogens is 229 g/mol. The van der Waals surface area contributed by atoms with Gasteiger partial charge in [0.1, 0.15) is 11.6 Å². The van der Waals surface area contributed by atoms with Gasteiger partial charge < -0.3 is 10.7 Å². The minimum atomic E-state index is -0.245. The Labute approximate surface area is 106 Å². The Bertz CT molecular complexity index is 531. The molecule has 0 radical (unpaired) electrons. The van der Waals surface area contributed by atoms with Gasteiger partial charge in [-0.15, -0.1) is 0 Å². The zero-order valence-electron chi connectivity index (χ0n) is 10.7. The van der Waals surface area contributed by atoms with Crippen molar-refractivity contribution in [3.63, 3.8) is 0 Å². The second kappa shape index (κ2) is 4.90. The molecule has 0 fully saturated rings. The largest absolute Gasteiger partial charge is 0.342 e. The van der Waals surface area contributed by atoms with Crippen LogP contribution in [0, 0.1) is 11.2 Å². The summed E-state index contributed by atoms with van der Waals surface area (Å²) in [5.41, 5.74) is 6.93. The van der Waals surface area contributed by atoms with Gasteiger partial charge in [-0.1, -0.05) is 26.0 Å². The average Bonchev–Trinajstić information content (AvgIpc) is 2.77. The second-order valence-corrected chi connectivity index (χ2v) is 5.27. The highest BCUT2D eigenvalue weighted by Crippen LogP contribution is 2.23. The predicted molar refractivity (Wildman–Crippen MR) is 70.5 cm³/mol. The molecule has 4 heteroatoms. The van der Waals surface area contributed by atoms with Gasteiger partial charge in [-0.2, -0.15) is 0 Å². The SMILES string of the molecule is CC(C)(CN)Cc1ncc(-c2ccccc2F)[nH]1. The molecule has 2 rings (SSSR count). The first-order valence-corrected chi connectivity index (χ1v) is 6.01. The van der Waals surface area contributed by atoms with Crippen LogP contribution in [-0.2, 0) is 6.42 Å². The van der Waals surface area contributed by atoms with Crippen molar-refractivity contribution < 1.29 is 4.39 Å². The molecule has 0 aliphatic heterocycles. The lowest BCUT2D eigenvalue weighted by Crippen LogP contribution is -2.26. The fourth-order valence-electron chi connectivity index (χ4n) is 1.79. The van der Waals surface area contributed by atoms with Crippen molar-refractivity contribution in [1.82, 2.24) is 9.97 Å². The molecule has 3 nitrogen and oxygen atoms in total. The number of aromatic nitrogens is 2. The highest BCUT2D eigenvalue weighted by atomic mass is 19.1. The summed E-state index contributed by atoms with van der Waals surface area (Å²) in [7, 11) is 0. The van der Waals surface area contributed by atoms with Gasteiger partial charge in [0.2, 0.25) is 0 Å². The normalized spacial score (nSPS) is 11.8. The molecule has 0 bridgehead atoms. The van der Waals surface area contributed by atoms with E-state index in [9.17, 15) is 4.39 Å². The molecule has 0 amide bonds. The van der Waals surface area contributed by atoms with Crippen molar-refractivity contribution in [3.05, 3.63) is 42.1 Å². The molecule has 18 heavy (non-hydrogen) atoms. The van der Waals surface area contributed by atoms with E-state index in [1.807, 2.05) is 6.07 Å². The highest BCUT2D eigenvalue weighted by molar-refractivity contribution is 5.59. The number of nitrogens with zero attached hydrogens (tertiary/aromatic N) is 1. The van der Waals surface area contributed by atoms with Crippen LogP contribution in [0.4, 0.5) is 4.39 Å². The van der Waals surface area contributed by atoms with Gasteiger partial charge in [-0.3, -0.25) is 0 Å². The highest BCUT2D eigenvalue weighted by Gasteiger charge is 2.18. The molecule has 0 saturated heterocycles. The maximum Gasteiger partial charge on any atom is 0.132 e. The van der Waals surface area contributed by atoms with Crippen LogP contribution in [0.5, 0.6) is 0 Å². The monoisotopic (exact) mass is 247 g/mol. The van der Waals surface area contributed by atoms with Gasteiger partial charge in [0.25, 0.3) is 0 Å². The van der Waals surface area contributed by atoms with Gasteiger partial charge in [0.05, 0.1) is 11.9 Å². The Morgan fingerprint density at radius 3 is 2.72 bits per heavy atom. The lowest BCUT2D eigenvalue weighted by molar-refractivity contribution is 0.369. The van der Waals surface area contributed by atoms with Crippen molar-refractivity contribution in [2.75, 3.05) is 6.54 Å². The summed E-state index contributed by atoms with van der Waals surface area (Å²) in [5.74, 6) is 0.592. The molecule has 0 unspecified atom stereocenters. The Morgan fingerprint density at radius 1 is 1.33 bits per heavy atom. The van der Waals surface area contributed by atoms with E-state index in [-0.39, 0.29) is 11.2 Å². The number of imidazole rings is 1. The topological polar surface area (TPSA) is 54.7 Å². The number of nitrogens with two attached hydrogens (primary N) is 1. The summed E-state index contributed by atoms with van der Waals surface area (Å²) < 4.78 is 13.6. The number of aromatic amines is 1. The van der Waals surface area contributed by atoms with Crippen LogP contribution < -0.4 is 5.73 Å². The molecule has 0 aliphatic rings. The molecule has 1 heterocycles. The summed E-state index contributed by atoms with van der Waals surface area (Å²) in [6.45, 7) is 4.75. The number of halogens is 1. The molecule has 1 aromatic heterocycles. The second-order valence-electron chi connectivity index (χ2n) is 5.27. The van der Waals surface area contributed by atoms with Crippen LogP contribution in [0.3, 0.4) is 0 Å². The maximum absolute atomic E-state index is 13.6. The lowest BCUT2D eigenvalue weighted by Gasteiger charge is -2.20. The van der Waals surface area contributed by atoms with Crippen molar-refractivity contribution in [2.24, 2.45) is 11.1 Å². The van der Waals surface area contributed by atoms with Crippen LogP contribution in [0.25, 0.3) is 11.3 Å². The molecule has 1 aromatic carbocycles. The van der Waals surface area contributed by atoms with Crippen molar-refractivity contribution in [2.45, 2.75) is 20.3 Å². The van der Waals surface area contributed by atoms with E-state index < -0.39 is 0 Å². The number of benzene rings is 1. The Kier molecular flexibility index (Phi) is 3.48. The summed E-state index contributed by atoms with van der Waals surface area (Å²) in [5, 5.41) is 0. The first-order valence-electron chi connectivity index (χ1n) is 6.01. The third-order valence-electron chi connectivity index (χ3n) is 2.99. The Balaban J connectivity index is 2.24. The van der Waals surface area contributed by atoms with E-state index in [0.29, 0.717) is 17.8 Å². The van der Waals surface area contributed by atoms with E-state index >= 15 is 0 Å². The molecule has 0 aliphatic carbocycles. The number of H-pyrrole nitrogens is 1. The van der Waals surface area contributed by atoms with E-state index in [1.54, 1.807) is 18.3 Å². The van der Waals surface area contributed by atoms with Gasteiger partial charge in [-0.05, 0) is 24.1 Å². The van der Waals surface area contributed by atoms with E-state index in [4.69, 9.17) is 5.73 Å². The molecule has 96 valence electrons. The number of nitrogens with one attached hydrogen (secondary N) is 1. The Morgan fingerprint density at radius 2 is 2.06 bits per heavy atom. The van der Waals surface area contributed by atoms with Gasteiger partial charge in [-0.25, -0.2) is 9.37 Å².